The average molecular weight is 316 g/mol. The van der Waals surface area contributed by atoms with Gasteiger partial charge in [0.05, 0.1) is 0 Å². The van der Waals surface area contributed by atoms with Gasteiger partial charge in [0.2, 0.25) is 0 Å². The van der Waals surface area contributed by atoms with E-state index < -0.39 is 0 Å². The molecule has 3 rings (SSSR count). The second-order valence-corrected chi connectivity index (χ2v) is 6.37. The summed E-state index contributed by atoms with van der Waals surface area (Å²) in [6.07, 6.45) is 6.01. The van der Waals surface area contributed by atoms with E-state index in [1.807, 2.05) is 48.5 Å². The van der Waals surface area contributed by atoms with E-state index in [0.29, 0.717) is 0 Å². The van der Waals surface area contributed by atoms with Crippen LogP contribution >= 0.6 is 0 Å². The van der Waals surface area contributed by atoms with Crippen molar-refractivity contribution in [3.63, 3.8) is 0 Å². The van der Waals surface area contributed by atoms with E-state index in [2.05, 4.69) is 25.1 Å². The number of ketones is 1. The number of benzene rings is 3. The fraction of sp³-hybridized carbons (Fsp3) is 0.261. The first kappa shape index (κ1) is 16.4. The van der Waals surface area contributed by atoms with Crippen LogP contribution in [0.25, 0.3) is 10.8 Å². The van der Waals surface area contributed by atoms with Crippen molar-refractivity contribution in [1.82, 2.24) is 0 Å². The van der Waals surface area contributed by atoms with Gasteiger partial charge in [-0.3, -0.25) is 4.79 Å². The van der Waals surface area contributed by atoms with Crippen molar-refractivity contribution < 1.29 is 4.79 Å². The summed E-state index contributed by atoms with van der Waals surface area (Å²) in [6, 6.07) is 22.1. The Morgan fingerprint density at radius 3 is 2.38 bits per heavy atom. The fourth-order valence-electron chi connectivity index (χ4n) is 3.21. The lowest BCUT2D eigenvalue weighted by Crippen LogP contribution is -2.03. The summed E-state index contributed by atoms with van der Waals surface area (Å²) in [5.41, 5.74) is 2.85. The second kappa shape index (κ2) is 7.92. The summed E-state index contributed by atoms with van der Waals surface area (Å²) in [7, 11) is 0. The topological polar surface area (TPSA) is 17.1 Å². The highest BCUT2D eigenvalue weighted by molar-refractivity contribution is 6.16. The molecule has 3 aromatic carbocycles. The van der Waals surface area contributed by atoms with Gasteiger partial charge < -0.3 is 0 Å². The van der Waals surface area contributed by atoms with Gasteiger partial charge in [0.1, 0.15) is 0 Å². The number of rotatable bonds is 7. The molecule has 0 bridgehead atoms. The minimum absolute atomic E-state index is 0.113. The molecule has 0 radical (unpaired) electrons. The number of unbranched alkanes of at least 4 members (excludes halogenated alkanes) is 3. The largest absolute Gasteiger partial charge is 0.289 e. The molecule has 122 valence electrons. The molecule has 3 aromatic rings. The van der Waals surface area contributed by atoms with Crippen molar-refractivity contribution in [2.24, 2.45) is 0 Å². The van der Waals surface area contributed by atoms with Crippen molar-refractivity contribution in [3.05, 3.63) is 83.4 Å². The summed E-state index contributed by atoms with van der Waals surface area (Å²) in [4.78, 5) is 13.0. The maximum absolute atomic E-state index is 13.0. The average Bonchev–Trinajstić information content (AvgIpc) is 2.65. The van der Waals surface area contributed by atoms with E-state index in [1.165, 1.54) is 31.2 Å². The first-order valence-corrected chi connectivity index (χ1v) is 8.91. The zero-order chi connectivity index (χ0) is 16.8. The van der Waals surface area contributed by atoms with Crippen molar-refractivity contribution in [2.75, 3.05) is 0 Å². The molecule has 1 nitrogen and oxygen atoms in total. The van der Waals surface area contributed by atoms with Gasteiger partial charge in [-0.15, -0.1) is 0 Å². The van der Waals surface area contributed by atoms with Gasteiger partial charge in [0.25, 0.3) is 0 Å². The normalized spacial score (nSPS) is 10.9. The van der Waals surface area contributed by atoms with Crippen LogP contribution in [0.15, 0.2) is 66.7 Å². The van der Waals surface area contributed by atoms with Gasteiger partial charge in [-0.05, 0) is 35.2 Å². The lowest BCUT2D eigenvalue weighted by atomic mass is 9.93. The first-order chi connectivity index (χ1) is 11.8. The molecule has 0 saturated heterocycles. The van der Waals surface area contributed by atoms with Crippen molar-refractivity contribution >= 4 is 16.6 Å². The maximum Gasteiger partial charge on any atom is 0.193 e. The number of carbonyl (C=O) groups is 1. The molecule has 0 aliphatic rings. The third kappa shape index (κ3) is 3.73. The highest BCUT2D eigenvalue weighted by Crippen LogP contribution is 2.25. The Balaban J connectivity index is 1.97. The SMILES string of the molecule is CCCCCCc1cc(C(=O)c2ccccc2)c2ccccc2c1. The lowest BCUT2D eigenvalue weighted by molar-refractivity contribution is 0.104. The van der Waals surface area contributed by atoms with E-state index >= 15 is 0 Å². The number of hydrogen-bond acceptors (Lipinski definition) is 1. The molecule has 0 spiro atoms. The number of fused-ring (bicyclic) bond motifs is 1. The van der Waals surface area contributed by atoms with E-state index in [0.717, 1.165) is 28.3 Å². The lowest BCUT2D eigenvalue weighted by Gasteiger charge is -2.10. The quantitative estimate of drug-likeness (QED) is 0.375. The minimum atomic E-state index is 0.113. The van der Waals surface area contributed by atoms with Crippen LogP contribution in [-0.2, 0) is 6.42 Å². The highest BCUT2D eigenvalue weighted by atomic mass is 16.1. The zero-order valence-electron chi connectivity index (χ0n) is 14.3. The van der Waals surface area contributed by atoms with Crippen LogP contribution < -0.4 is 0 Å². The number of aryl methyl sites for hydroxylation is 1. The summed E-state index contributed by atoms with van der Waals surface area (Å²) < 4.78 is 0. The Hall–Kier alpha value is -2.41. The zero-order valence-corrected chi connectivity index (χ0v) is 14.3. The summed E-state index contributed by atoms with van der Waals surface area (Å²) >= 11 is 0. The Morgan fingerprint density at radius 2 is 1.58 bits per heavy atom. The van der Waals surface area contributed by atoms with Crippen LogP contribution in [0, 0.1) is 0 Å². The molecule has 0 fully saturated rings. The van der Waals surface area contributed by atoms with Crippen LogP contribution in [0.2, 0.25) is 0 Å². The standard InChI is InChI=1S/C23H24O/c1-2-3-4-6-11-18-16-20-14-9-10-15-21(20)22(17-18)23(24)19-12-7-5-8-13-19/h5,7-10,12-17H,2-4,6,11H2,1H3. The maximum atomic E-state index is 13.0. The molecule has 0 aliphatic carbocycles. The van der Waals surface area contributed by atoms with E-state index in [4.69, 9.17) is 0 Å². The van der Waals surface area contributed by atoms with Gasteiger partial charge >= 0.3 is 0 Å². The van der Waals surface area contributed by atoms with E-state index in [-0.39, 0.29) is 5.78 Å². The van der Waals surface area contributed by atoms with Crippen molar-refractivity contribution in [3.8, 4) is 0 Å². The molecule has 24 heavy (non-hydrogen) atoms. The predicted molar refractivity (Wildman–Crippen MR) is 102 cm³/mol. The fourth-order valence-corrected chi connectivity index (χ4v) is 3.21. The van der Waals surface area contributed by atoms with Gasteiger partial charge in [0.15, 0.2) is 5.78 Å². The Kier molecular flexibility index (Phi) is 5.43. The Labute approximate surface area is 144 Å². The third-order valence-corrected chi connectivity index (χ3v) is 4.52. The summed E-state index contributed by atoms with van der Waals surface area (Å²) in [6.45, 7) is 2.23. The molecule has 0 saturated carbocycles. The highest BCUT2D eigenvalue weighted by Gasteiger charge is 2.13. The van der Waals surface area contributed by atoms with Gasteiger partial charge in [-0.1, -0.05) is 86.8 Å². The minimum Gasteiger partial charge on any atom is -0.289 e. The molecular weight excluding hydrogens is 292 g/mol. The van der Waals surface area contributed by atoms with Crippen LogP contribution in [0.4, 0.5) is 0 Å². The second-order valence-electron chi connectivity index (χ2n) is 6.37. The van der Waals surface area contributed by atoms with Crippen molar-refractivity contribution in [2.45, 2.75) is 39.0 Å². The molecule has 0 aliphatic heterocycles. The van der Waals surface area contributed by atoms with Crippen LogP contribution in [-0.4, -0.2) is 5.78 Å². The van der Waals surface area contributed by atoms with Gasteiger partial charge in [-0.25, -0.2) is 0 Å². The van der Waals surface area contributed by atoms with Gasteiger partial charge in [-0.2, -0.15) is 0 Å². The number of hydrogen-bond donors (Lipinski definition) is 0. The Morgan fingerprint density at radius 1 is 0.833 bits per heavy atom. The smallest absolute Gasteiger partial charge is 0.193 e. The monoisotopic (exact) mass is 316 g/mol. The van der Waals surface area contributed by atoms with Crippen LogP contribution in [0.5, 0.6) is 0 Å². The molecule has 0 heterocycles. The van der Waals surface area contributed by atoms with Crippen LogP contribution in [0.3, 0.4) is 0 Å². The molecule has 0 aromatic heterocycles. The molecule has 0 atom stereocenters. The van der Waals surface area contributed by atoms with Crippen molar-refractivity contribution in [1.29, 1.82) is 0 Å². The van der Waals surface area contributed by atoms with E-state index in [9.17, 15) is 4.79 Å². The summed E-state index contributed by atoms with van der Waals surface area (Å²) in [5.74, 6) is 0.113. The van der Waals surface area contributed by atoms with Gasteiger partial charge in [0, 0.05) is 11.1 Å². The molecule has 0 amide bonds. The summed E-state index contributed by atoms with van der Waals surface area (Å²) in [5, 5.41) is 2.20. The molecule has 0 N–H and O–H groups in total. The van der Waals surface area contributed by atoms with E-state index in [1.54, 1.807) is 0 Å². The molecule has 1 heteroatoms. The number of carbonyl (C=O) groups excluding carboxylic acids is 1. The molecule has 0 unspecified atom stereocenters. The van der Waals surface area contributed by atoms with Crippen LogP contribution in [0.1, 0.15) is 54.1 Å². The predicted octanol–water partition coefficient (Wildman–Crippen LogP) is 6.19. The molecular formula is C23H24O. The first-order valence-electron chi connectivity index (χ1n) is 8.91. The third-order valence-electron chi connectivity index (χ3n) is 4.52. The Bertz CT molecular complexity index is 818.